The van der Waals surface area contributed by atoms with Crippen LogP contribution in [0, 0.1) is 0 Å². The zero-order valence-corrected chi connectivity index (χ0v) is 15.0. The Labute approximate surface area is 149 Å². The molecule has 1 saturated heterocycles. The van der Waals surface area contributed by atoms with Gasteiger partial charge in [0.2, 0.25) is 0 Å². The van der Waals surface area contributed by atoms with Crippen LogP contribution in [0.3, 0.4) is 0 Å². The Balaban J connectivity index is 1.71. The quantitative estimate of drug-likeness (QED) is 0.773. The number of ether oxygens (including phenoxy) is 1. The second-order valence-electron chi connectivity index (χ2n) is 5.65. The topological polar surface area (TPSA) is 75.7 Å². The highest BCUT2D eigenvalue weighted by Crippen LogP contribution is 2.11. The Morgan fingerprint density at radius 3 is 2.50 bits per heavy atom. The summed E-state index contributed by atoms with van der Waals surface area (Å²) in [6, 6.07) is 6.84. The Bertz CT molecular complexity index is 598. The standard InChI is InChI=1S/C17H21BrN2O4/c18-14-7-5-6-13(10-14)17(23)19-11-16(22)24-12-15(21)20-8-3-1-2-4-9-20/h5-7,10H,1-4,8-9,11-12H2,(H,19,23). The van der Waals surface area contributed by atoms with E-state index < -0.39 is 5.97 Å². The summed E-state index contributed by atoms with van der Waals surface area (Å²) in [6.45, 7) is 0.899. The molecule has 1 N–H and O–H groups in total. The van der Waals surface area contributed by atoms with Crippen molar-refractivity contribution in [2.45, 2.75) is 25.7 Å². The minimum atomic E-state index is -0.624. The molecule has 1 heterocycles. The van der Waals surface area contributed by atoms with Crippen molar-refractivity contribution in [1.29, 1.82) is 0 Å². The lowest BCUT2D eigenvalue weighted by Crippen LogP contribution is -2.37. The maximum atomic E-state index is 12.0. The first-order valence-corrected chi connectivity index (χ1v) is 8.83. The minimum absolute atomic E-state index is 0.177. The zero-order valence-electron chi connectivity index (χ0n) is 13.4. The molecular formula is C17H21BrN2O4. The Kier molecular flexibility index (Phi) is 7.24. The molecule has 1 aromatic carbocycles. The molecule has 0 aliphatic carbocycles. The van der Waals surface area contributed by atoms with Gasteiger partial charge in [-0.05, 0) is 31.0 Å². The van der Waals surface area contributed by atoms with Crippen LogP contribution in [0.25, 0.3) is 0 Å². The number of esters is 1. The number of carbonyl (C=O) groups is 3. The number of amides is 2. The number of hydrogen-bond acceptors (Lipinski definition) is 4. The third-order valence-corrected chi connectivity index (χ3v) is 4.29. The molecule has 0 bridgehead atoms. The molecule has 130 valence electrons. The van der Waals surface area contributed by atoms with E-state index in [9.17, 15) is 14.4 Å². The molecule has 0 atom stereocenters. The Morgan fingerprint density at radius 2 is 1.83 bits per heavy atom. The van der Waals surface area contributed by atoms with Crippen LogP contribution in [0.1, 0.15) is 36.0 Å². The van der Waals surface area contributed by atoms with Crippen molar-refractivity contribution in [3.8, 4) is 0 Å². The smallest absolute Gasteiger partial charge is 0.325 e. The number of benzene rings is 1. The summed E-state index contributed by atoms with van der Waals surface area (Å²) in [5.74, 6) is -1.17. The molecule has 0 saturated carbocycles. The van der Waals surface area contributed by atoms with Crippen LogP contribution in [-0.4, -0.2) is 48.9 Å². The number of nitrogens with zero attached hydrogens (tertiary/aromatic N) is 1. The first-order valence-electron chi connectivity index (χ1n) is 8.03. The van der Waals surface area contributed by atoms with Gasteiger partial charge < -0.3 is 15.0 Å². The molecule has 24 heavy (non-hydrogen) atoms. The number of likely N-dealkylation sites (tertiary alicyclic amines) is 1. The van der Waals surface area contributed by atoms with Crippen LogP contribution in [0.15, 0.2) is 28.7 Å². The molecule has 0 spiro atoms. The average molecular weight is 397 g/mol. The van der Waals surface area contributed by atoms with Crippen LogP contribution in [0.4, 0.5) is 0 Å². The number of rotatable bonds is 5. The van der Waals surface area contributed by atoms with Crippen LogP contribution in [0.2, 0.25) is 0 Å². The molecule has 1 aromatic rings. The van der Waals surface area contributed by atoms with Crippen molar-refractivity contribution >= 4 is 33.7 Å². The van der Waals surface area contributed by atoms with E-state index in [0.717, 1.165) is 43.2 Å². The van der Waals surface area contributed by atoms with Gasteiger partial charge >= 0.3 is 5.97 Å². The van der Waals surface area contributed by atoms with Crippen LogP contribution < -0.4 is 5.32 Å². The van der Waals surface area contributed by atoms with Crippen LogP contribution in [-0.2, 0) is 14.3 Å². The van der Waals surface area contributed by atoms with E-state index in [1.54, 1.807) is 29.2 Å². The molecule has 2 rings (SSSR count). The van der Waals surface area contributed by atoms with Crippen molar-refractivity contribution in [2.24, 2.45) is 0 Å². The van der Waals surface area contributed by atoms with Gasteiger partial charge in [-0.3, -0.25) is 14.4 Å². The fraction of sp³-hybridized carbons (Fsp3) is 0.471. The van der Waals surface area contributed by atoms with Crippen molar-refractivity contribution in [3.63, 3.8) is 0 Å². The van der Waals surface area contributed by atoms with Gasteiger partial charge in [-0.1, -0.05) is 34.8 Å². The monoisotopic (exact) mass is 396 g/mol. The van der Waals surface area contributed by atoms with Crippen molar-refractivity contribution in [1.82, 2.24) is 10.2 Å². The summed E-state index contributed by atoms with van der Waals surface area (Å²) in [5, 5.41) is 2.48. The summed E-state index contributed by atoms with van der Waals surface area (Å²) in [6.07, 6.45) is 4.24. The van der Waals surface area contributed by atoms with E-state index in [1.807, 2.05) is 0 Å². The van der Waals surface area contributed by atoms with Crippen molar-refractivity contribution < 1.29 is 19.1 Å². The molecule has 2 amide bonds. The maximum Gasteiger partial charge on any atom is 0.325 e. The fourth-order valence-corrected chi connectivity index (χ4v) is 2.89. The van der Waals surface area contributed by atoms with Gasteiger partial charge in [0.15, 0.2) is 6.61 Å². The predicted molar refractivity (Wildman–Crippen MR) is 92.5 cm³/mol. The normalized spacial score (nSPS) is 14.6. The minimum Gasteiger partial charge on any atom is -0.454 e. The van der Waals surface area contributed by atoms with Crippen molar-refractivity contribution in [2.75, 3.05) is 26.2 Å². The highest BCUT2D eigenvalue weighted by molar-refractivity contribution is 9.10. The largest absolute Gasteiger partial charge is 0.454 e. The van der Waals surface area contributed by atoms with E-state index in [2.05, 4.69) is 21.2 Å². The number of carbonyl (C=O) groups excluding carboxylic acids is 3. The predicted octanol–water partition coefficient (Wildman–Crippen LogP) is 2.12. The second kappa shape index (κ2) is 9.42. The third-order valence-electron chi connectivity index (χ3n) is 3.80. The zero-order chi connectivity index (χ0) is 17.4. The van der Waals surface area contributed by atoms with E-state index in [-0.39, 0.29) is 25.0 Å². The molecule has 0 aromatic heterocycles. The van der Waals surface area contributed by atoms with Crippen molar-refractivity contribution in [3.05, 3.63) is 34.3 Å². The molecule has 0 unspecified atom stereocenters. The molecular weight excluding hydrogens is 376 g/mol. The van der Waals surface area contributed by atoms with Gasteiger partial charge in [0.1, 0.15) is 6.54 Å². The Hall–Kier alpha value is -1.89. The van der Waals surface area contributed by atoms with Gasteiger partial charge in [-0.15, -0.1) is 0 Å². The van der Waals surface area contributed by atoms with Crippen LogP contribution in [0.5, 0.6) is 0 Å². The second-order valence-corrected chi connectivity index (χ2v) is 6.56. The maximum absolute atomic E-state index is 12.0. The molecule has 7 heteroatoms. The number of hydrogen-bond donors (Lipinski definition) is 1. The third kappa shape index (κ3) is 5.96. The summed E-state index contributed by atoms with van der Waals surface area (Å²) in [5.41, 5.74) is 0.442. The van der Waals surface area contributed by atoms with Gasteiger partial charge in [0, 0.05) is 23.1 Å². The fourth-order valence-electron chi connectivity index (χ4n) is 2.49. The average Bonchev–Trinajstić information content (AvgIpc) is 2.87. The lowest BCUT2D eigenvalue weighted by Gasteiger charge is -2.19. The van der Waals surface area contributed by atoms with Crippen LogP contribution >= 0.6 is 15.9 Å². The Morgan fingerprint density at radius 1 is 1.12 bits per heavy atom. The lowest BCUT2D eigenvalue weighted by atomic mass is 10.2. The van der Waals surface area contributed by atoms with E-state index in [4.69, 9.17) is 4.74 Å². The lowest BCUT2D eigenvalue weighted by molar-refractivity contribution is -0.151. The summed E-state index contributed by atoms with van der Waals surface area (Å²) in [7, 11) is 0. The summed E-state index contributed by atoms with van der Waals surface area (Å²) < 4.78 is 5.73. The number of nitrogens with one attached hydrogen (secondary N) is 1. The van der Waals surface area contributed by atoms with Gasteiger partial charge in [-0.25, -0.2) is 0 Å². The van der Waals surface area contributed by atoms with Gasteiger partial charge in [-0.2, -0.15) is 0 Å². The van der Waals surface area contributed by atoms with Gasteiger partial charge in [0.05, 0.1) is 0 Å². The molecule has 1 fully saturated rings. The van der Waals surface area contributed by atoms with E-state index >= 15 is 0 Å². The first kappa shape index (κ1) is 18.4. The summed E-state index contributed by atoms with van der Waals surface area (Å²) in [4.78, 5) is 37.3. The molecule has 1 aliphatic heterocycles. The number of halogens is 1. The van der Waals surface area contributed by atoms with E-state index in [1.165, 1.54) is 0 Å². The molecule has 0 radical (unpaired) electrons. The molecule has 6 nitrogen and oxygen atoms in total. The SMILES string of the molecule is O=C(CNC(=O)c1cccc(Br)c1)OCC(=O)N1CCCCCC1. The van der Waals surface area contributed by atoms with Gasteiger partial charge in [0.25, 0.3) is 11.8 Å². The highest BCUT2D eigenvalue weighted by atomic mass is 79.9. The molecule has 1 aliphatic rings. The van der Waals surface area contributed by atoms with E-state index in [0.29, 0.717) is 5.56 Å². The summed E-state index contributed by atoms with van der Waals surface area (Å²) >= 11 is 3.28. The first-order chi connectivity index (χ1) is 11.6. The highest BCUT2D eigenvalue weighted by Gasteiger charge is 2.17.